The van der Waals surface area contributed by atoms with Crippen LogP contribution in [0.4, 0.5) is 4.79 Å². The first kappa shape index (κ1) is 14.3. The van der Waals surface area contributed by atoms with E-state index in [-0.39, 0.29) is 6.09 Å². The van der Waals surface area contributed by atoms with Crippen molar-refractivity contribution >= 4 is 6.09 Å². The summed E-state index contributed by atoms with van der Waals surface area (Å²) in [5.74, 6) is 0.896. The maximum atomic E-state index is 11.5. The van der Waals surface area contributed by atoms with Crippen LogP contribution in [0.3, 0.4) is 0 Å². The minimum Gasteiger partial charge on any atom is -0.444 e. The van der Waals surface area contributed by atoms with Crippen LogP contribution in [-0.4, -0.2) is 49.8 Å². The SMILES string of the molecule is CN1C[C@@H](CN)[C@H](CNC(=O)OC(C)(C)C)C1. The maximum absolute atomic E-state index is 11.5. The highest BCUT2D eigenvalue weighted by Gasteiger charge is 2.30. The molecule has 0 aromatic rings. The molecular weight excluding hydrogens is 218 g/mol. The molecule has 0 saturated carbocycles. The normalized spacial score (nSPS) is 25.9. The van der Waals surface area contributed by atoms with E-state index < -0.39 is 5.60 Å². The molecule has 0 aromatic heterocycles. The van der Waals surface area contributed by atoms with Crippen LogP contribution in [0.5, 0.6) is 0 Å². The average molecular weight is 243 g/mol. The zero-order chi connectivity index (χ0) is 13.1. The number of carbonyl (C=O) groups is 1. The van der Waals surface area contributed by atoms with Crippen molar-refractivity contribution in [3.8, 4) is 0 Å². The van der Waals surface area contributed by atoms with Gasteiger partial charge in [0.05, 0.1) is 0 Å². The summed E-state index contributed by atoms with van der Waals surface area (Å²) < 4.78 is 5.20. The predicted octanol–water partition coefficient (Wildman–Crippen LogP) is 0.648. The molecule has 17 heavy (non-hydrogen) atoms. The number of ether oxygens (including phenoxy) is 1. The molecule has 1 fully saturated rings. The standard InChI is InChI=1S/C12H25N3O2/c1-12(2,3)17-11(16)14-6-10-8-15(4)7-9(10)5-13/h9-10H,5-8,13H2,1-4H3,(H,14,16)/t9-,10-/m1/s1. The summed E-state index contributed by atoms with van der Waals surface area (Å²) in [7, 11) is 2.08. The number of hydrogen-bond acceptors (Lipinski definition) is 4. The molecule has 3 N–H and O–H groups in total. The number of amides is 1. The molecule has 1 rings (SSSR count). The Morgan fingerprint density at radius 2 is 2.00 bits per heavy atom. The van der Waals surface area contributed by atoms with Crippen LogP contribution in [0, 0.1) is 11.8 Å². The van der Waals surface area contributed by atoms with Gasteiger partial charge in [-0.05, 0) is 46.2 Å². The first-order valence-corrected chi connectivity index (χ1v) is 6.17. The van der Waals surface area contributed by atoms with Crippen LogP contribution >= 0.6 is 0 Å². The lowest BCUT2D eigenvalue weighted by molar-refractivity contribution is 0.0517. The van der Waals surface area contributed by atoms with Gasteiger partial charge in [-0.3, -0.25) is 0 Å². The van der Waals surface area contributed by atoms with Gasteiger partial charge in [0, 0.05) is 19.6 Å². The molecule has 1 aliphatic heterocycles. The zero-order valence-corrected chi connectivity index (χ0v) is 11.3. The number of nitrogens with one attached hydrogen (secondary N) is 1. The maximum Gasteiger partial charge on any atom is 0.407 e. The highest BCUT2D eigenvalue weighted by Crippen LogP contribution is 2.20. The molecular formula is C12H25N3O2. The Morgan fingerprint density at radius 1 is 1.41 bits per heavy atom. The smallest absolute Gasteiger partial charge is 0.407 e. The van der Waals surface area contributed by atoms with Gasteiger partial charge in [0.15, 0.2) is 0 Å². The van der Waals surface area contributed by atoms with Gasteiger partial charge in [0.25, 0.3) is 0 Å². The van der Waals surface area contributed by atoms with Crippen LogP contribution in [0.2, 0.25) is 0 Å². The number of rotatable bonds is 3. The van der Waals surface area contributed by atoms with Crippen LogP contribution in [0.1, 0.15) is 20.8 Å². The fraction of sp³-hybridized carbons (Fsp3) is 0.917. The molecule has 1 heterocycles. The summed E-state index contributed by atoms with van der Waals surface area (Å²) in [5.41, 5.74) is 5.28. The molecule has 0 bridgehead atoms. The van der Waals surface area contributed by atoms with Crippen molar-refractivity contribution in [2.75, 3.05) is 33.2 Å². The monoisotopic (exact) mass is 243 g/mol. The molecule has 5 nitrogen and oxygen atoms in total. The fourth-order valence-corrected chi connectivity index (χ4v) is 2.20. The second-order valence-electron chi connectivity index (χ2n) is 5.86. The van der Waals surface area contributed by atoms with E-state index in [1.807, 2.05) is 20.8 Å². The number of alkyl carbamates (subject to hydrolysis) is 1. The second-order valence-corrected chi connectivity index (χ2v) is 5.86. The number of carbonyl (C=O) groups excluding carboxylic acids is 1. The first-order valence-electron chi connectivity index (χ1n) is 6.17. The lowest BCUT2D eigenvalue weighted by Crippen LogP contribution is -2.38. The van der Waals surface area contributed by atoms with E-state index in [2.05, 4.69) is 17.3 Å². The number of hydrogen-bond donors (Lipinski definition) is 2. The van der Waals surface area contributed by atoms with Gasteiger partial charge >= 0.3 is 6.09 Å². The summed E-state index contributed by atoms with van der Waals surface area (Å²) in [6, 6.07) is 0. The van der Waals surface area contributed by atoms with Gasteiger partial charge < -0.3 is 20.7 Å². The van der Waals surface area contributed by atoms with Crippen molar-refractivity contribution in [1.29, 1.82) is 0 Å². The third-order valence-corrected chi connectivity index (χ3v) is 2.97. The minimum atomic E-state index is -0.441. The van der Waals surface area contributed by atoms with Gasteiger partial charge in [-0.25, -0.2) is 4.79 Å². The van der Waals surface area contributed by atoms with Crippen molar-refractivity contribution in [1.82, 2.24) is 10.2 Å². The second kappa shape index (κ2) is 5.69. The Bertz CT molecular complexity index is 263. The third-order valence-electron chi connectivity index (χ3n) is 2.97. The summed E-state index contributed by atoms with van der Waals surface area (Å²) >= 11 is 0. The van der Waals surface area contributed by atoms with Crippen LogP contribution in [0.25, 0.3) is 0 Å². The van der Waals surface area contributed by atoms with E-state index in [0.717, 1.165) is 13.1 Å². The topological polar surface area (TPSA) is 67.6 Å². The lowest BCUT2D eigenvalue weighted by atomic mass is 9.96. The largest absolute Gasteiger partial charge is 0.444 e. The molecule has 0 aliphatic carbocycles. The van der Waals surface area contributed by atoms with Gasteiger partial charge in [0.1, 0.15) is 5.60 Å². The van der Waals surface area contributed by atoms with Crippen molar-refractivity contribution < 1.29 is 9.53 Å². The van der Waals surface area contributed by atoms with Crippen molar-refractivity contribution in [3.05, 3.63) is 0 Å². The summed E-state index contributed by atoms with van der Waals surface area (Å²) in [5, 5.41) is 2.82. The average Bonchev–Trinajstić information content (AvgIpc) is 2.53. The van der Waals surface area contributed by atoms with Gasteiger partial charge in [0.2, 0.25) is 0 Å². The molecule has 5 heteroatoms. The summed E-state index contributed by atoms with van der Waals surface area (Å²) in [4.78, 5) is 13.8. The molecule has 0 spiro atoms. The summed E-state index contributed by atoms with van der Waals surface area (Å²) in [6.45, 7) is 8.89. The number of likely N-dealkylation sites (tertiary alicyclic amines) is 1. The highest BCUT2D eigenvalue weighted by atomic mass is 16.6. The van der Waals surface area contributed by atoms with E-state index in [0.29, 0.717) is 24.9 Å². The van der Waals surface area contributed by atoms with E-state index in [4.69, 9.17) is 10.5 Å². The van der Waals surface area contributed by atoms with Gasteiger partial charge in [-0.15, -0.1) is 0 Å². The van der Waals surface area contributed by atoms with Crippen molar-refractivity contribution in [2.45, 2.75) is 26.4 Å². The molecule has 1 aliphatic rings. The Hall–Kier alpha value is -0.810. The highest BCUT2D eigenvalue weighted by molar-refractivity contribution is 5.67. The quantitative estimate of drug-likeness (QED) is 0.763. The summed E-state index contributed by atoms with van der Waals surface area (Å²) in [6.07, 6.45) is -0.345. The number of nitrogens with zero attached hydrogens (tertiary/aromatic N) is 1. The predicted molar refractivity (Wildman–Crippen MR) is 67.8 cm³/mol. The molecule has 2 atom stereocenters. The molecule has 0 aromatic carbocycles. The Balaban J connectivity index is 2.33. The molecule has 100 valence electrons. The van der Waals surface area contributed by atoms with E-state index in [1.54, 1.807) is 0 Å². The van der Waals surface area contributed by atoms with Crippen LogP contribution < -0.4 is 11.1 Å². The zero-order valence-electron chi connectivity index (χ0n) is 11.3. The van der Waals surface area contributed by atoms with Crippen LogP contribution in [0.15, 0.2) is 0 Å². The minimum absolute atomic E-state index is 0.345. The molecule has 0 radical (unpaired) electrons. The van der Waals surface area contributed by atoms with Gasteiger partial charge in [-0.1, -0.05) is 0 Å². The van der Waals surface area contributed by atoms with E-state index in [1.165, 1.54) is 0 Å². The van der Waals surface area contributed by atoms with E-state index in [9.17, 15) is 4.79 Å². The lowest BCUT2D eigenvalue weighted by Gasteiger charge is -2.22. The molecule has 1 saturated heterocycles. The van der Waals surface area contributed by atoms with Crippen LogP contribution in [-0.2, 0) is 4.74 Å². The fourth-order valence-electron chi connectivity index (χ4n) is 2.20. The Labute approximate surface area is 104 Å². The Kier molecular flexibility index (Phi) is 4.77. The van der Waals surface area contributed by atoms with Crippen molar-refractivity contribution in [3.63, 3.8) is 0 Å². The van der Waals surface area contributed by atoms with Crippen molar-refractivity contribution in [2.24, 2.45) is 17.6 Å². The molecule has 0 unspecified atom stereocenters. The molecule has 1 amide bonds. The Morgan fingerprint density at radius 3 is 2.53 bits per heavy atom. The van der Waals surface area contributed by atoms with E-state index >= 15 is 0 Å². The van der Waals surface area contributed by atoms with Gasteiger partial charge in [-0.2, -0.15) is 0 Å². The first-order chi connectivity index (χ1) is 7.81. The third kappa shape index (κ3) is 4.91. The number of nitrogens with two attached hydrogens (primary N) is 1.